The molecule has 0 N–H and O–H groups in total. The number of likely N-dealkylation sites (tertiary alicyclic amines) is 1. The second-order valence-electron chi connectivity index (χ2n) is 3.42. The van der Waals surface area contributed by atoms with Gasteiger partial charge in [-0.3, -0.25) is 0 Å². The predicted octanol–water partition coefficient (Wildman–Crippen LogP) is 2.85. The summed E-state index contributed by atoms with van der Waals surface area (Å²) in [4.78, 5) is 2.51. The molecule has 1 heterocycles. The average Bonchev–Trinajstić information content (AvgIpc) is 2.31. The van der Waals surface area contributed by atoms with Gasteiger partial charge in [0, 0.05) is 6.04 Å². The van der Waals surface area contributed by atoms with Crippen LogP contribution >= 0.6 is 17.0 Å². The van der Waals surface area contributed by atoms with Gasteiger partial charge in [-0.15, -0.1) is 17.0 Å². The second-order valence-corrected chi connectivity index (χ2v) is 3.42. The van der Waals surface area contributed by atoms with Crippen molar-refractivity contribution in [1.82, 2.24) is 4.90 Å². The van der Waals surface area contributed by atoms with E-state index in [0.717, 1.165) is 6.04 Å². The molecule has 0 aromatic heterocycles. The van der Waals surface area contributed by atoms with Crippen LogP contribution in [0.25, 0.3) is 0 Å². The third-order valence-electron chi connectivity index (χ3n) is 2.56. The topological polar surface area (TPSA) is 3.24 Å². The molecule has 1 fully saturated rings. The molecule has 0 aromatic carbocycles. The smallest absolute Gasteiger partial charge is 0.00926 e. The molecular weight excluding hydrogens is 202 g/mol. The molecule has 11 heavy (non-hydrogen) atoms. The molecule has 0 amide bonds. The summed E-state index contributed by atoms with van der Waals surface area (Å²) in [6.07, 6.45) is 7.05. The van der Waals surface area contributed by atoms with E-state index in [2.05, 4.69) is 18.9 Å². The number of hydrogen-bond acceptors (Lipinski definition) is 1. The van der Waals surface area contributed by atoms with Gasteiger partial charge in [0.2, 0.25) is 0 Å². The highest BCUT2D eigenvalue weighted by Gasteiger charge is 2.19. The lowest BCUT2D eigenvalue weighted by Gasteiger charge is -2.18. The van der Waals surface area contributed by atoms with Crippen LogP contribution in [0.3, 0.4) is 0 Å². The fourth-order valence-electron chi connectivity index (χ4n) is 1.78. The summed E-state index contributed by atoms with van der Waals surface area (Å²) in [7, 11) is 2.26. The lowest BCUT2D eigenvalue weighted by atomic mass is 10.1. The van der Waals surface area contributed by atoms with Crippen molar-refractivity contribution in [2.24, 2.45) is 0 Å². The first-order valence-corrected chi connectivity index (χ1v) is 4.55. The Hall–Kier alpha value is 0.440. The molecule has 1 atom stereocenters. The Morgan fingerprint density at radius 1 is 1.45 bits per heavy atom. The zero-order valence-electron chi connectivity index (χ0n) is 7.68. The van der Waals surface area contributed by atoms with Crippen LogP contribution in [0.2, 0.25) is 0 Å². The van der Waals surface area contributed by atoms with Crippen LogP contribution in [-0.4, -0.2) is 24.5 Å². The minimum Gasteiger partial charge on any atom is -0.303 e. The van der Waals surface area contributed by atoms with Gasteiger partial charge in [-0.05, 0) is 32.9 Å². The third kappa shape index (κ3) is 3.57. The molecular formula is C9H20BrN. The van der Waals surface area contributed by atoms with Crippen LogP contribution in [0.5, 0.6) is 0 Å². The number of halogens is 1. The Bertz CT molecular complexity index is 95.6. The molecule has 1 unspecified atom stereocenters. The number of hydrogen-bond donors (Lipinski definition) is 0. The Labute approximate surface area is 80.9 Å². The van der Waals surface area contributed by atoms with Gasteiger partial charge in [0.15, 0.2) is 0 Å². The van der Waals surface area contributed by atoms with Crippen LogP contribution < -0.4 is 0 Å². The molecule has 0 bridgehead atoms. The van der Waals surface area contributed by atoms with E-state index in [-0.39, 0.29) is 17.0 Å². The van der Waals surface area contributed by atoms with Crippen molar-refractivity contribution in [3.8, 4) is 0 Å². The largest absolute Gasteiger partial charge is 0.303 e. The molecule has 0 aromatic rings. The van der Waals surface area contributed by atoms with Crippen LogP contribution in [0.1, 0.15) is 39.0 Å². The van der Waals surface area contributed by atoms with Crippen LogP contribution in [-0.2, 0) is 0 Å². The lowest BCUT2D eigenvalue weighted by molar-refractivity contribution is 0.291. The molecule has 1 aliphatic rings. The van der Waals surface area contributed by atoms with E-state index < -0.39 is 0 Å². The molecule has 1 aliphatic heterocycles. The Balaban J connectivity index is 0.000001000. The zero-order valence-corrected chi connectivity index (χ0v) is 9.39. The van der Waals surface area contributed by atoms with E-state index in [4.69, 9.17) is 0 Å². The molecule has 1 saturated heterocycles. The SMILES string of the molecule is Br.CCCCC1CCCN1C. The van der Waals surface area contributed by atoms with E-state index in [0.29, 0.717) is 0 Å². The van der Waals surface area contributed by atoms with Gasteiger partial charge < -0.3 is 4.90 Å². The highest BCUT2D eigenvalue weighted by Crippen LogP contribution is 2.19. The van der Waals surface area contributed by atoms with Crippen molar-refractivity contribution in [3.63, 3.8) is 0 Å². The maximum Gasteiger partial charge on any atom is 0.00926 e. The zero-order chi connectivity index (χ0) is 7.40. The average molecular weight is 222 g/mol. The summed E-state index contributed by atoms with van der Waals surface area (Å²) in [6.45, 7) is 3.60. The Kier molecular flexibility index (Phi) is 6.25. The van der Waals surface area contributed by atoms with Crippen molar-refractivity contribution in [1.29, 1.82) is 0 Å². The summed E-state index contributed by atoms with van der Waals surface area (Å²) >= 11 is 0. The Morgan fingerprint density at radius 2 is 2.18 bits per heavy atom. The minimum atomic E-state index is 0. The van der Waals surface area contributed by atoms with Crippen molar-refractivity contribution < 1.29 is 0 Å². The van der Waals surface area contributed by atoms with Crippen LogP contribution in [0.15, 0.2) is 0 Å². The molecule has 0 spiro atoms. The lowest BCUT2D eigenvalue weighted by Crippen LogP contribution is -2.24. The predicted molar refractivity (Wildman–Crippen MR) is 55.5 cm³/mol. The summed E-state index contributed by atoms with van der Waals surface area (Å²) < 4.78 is 0. The summed E-state index contributed by atoms with van der Waals surface area (Å²) in [5.41, 5.74) is 0. The van der Waals surface area contributed by atoms with Crippen molar-refractivity contribution in [2.45, 2.75) is 45.1 Å². The Morgan fingerprint density at radius 3 is 2.64 bits per heavy atom. The van der Waals surface area contributed by atoms with Crippen LogP contribution in [0, 0.1) is 0 Å². The maximum atomic E-state index is 2.51. The normalized spacial score (nSPS) is 25.1. The van der Waals surface area contributed by atoms with Crippen molar-refractivity contribution in [2.75, 3.05) is 13.6 Å². The number of nitrogens with zero attached hydrogens (tertiary/aromatic N) is 1. The highest BCUT2D eigenvalue weighted by atomic mass is 79.9. The van der Waals surface area contributed by atoms with Gasteiger partial charge in [0.1, 0.15) is 0 Å². The molecule has 0 radical (unpaired) electrons. The molecule has 68 valence electrons. The van der Waals surface area contributed by atoms with Crippen molar-refractivity contribution in [3.05, 3.63) is 0 Å². The first-order chi connectivity index (χ1) is 4.84. The first kappa shape index (κ1) is 11.4. The fourth-order valence-corrected chi connectivity index (χ4v) is 1.78. The fraction of sp³-hybridized carbons (Fsp3) is 1.00. The molecule has 1 nitrogen and oxygen atoms in total. The van der Waals surface area contributed by atoms with Gasteiger partial charge in [-0.25, -0.2) is 0 Å². The maximum absolute atomic E-state index is 2.51. The van der Waals surface area contributed by atoms with E-state index in [1.807, 2.05) is 0 Å². The van der Waals surface area contributed by atoms with Gasteiger partial charge in [-0.1, -0.05) is 19.8 Å². The van der Waals surface area contributed by atoms with Gasteiger partial charge in [0.05, 0.1) is 0 Å². The standard InChI is InChI=1S/C9H19N.BrH/c1-3-4-6-9-7-5-8-10(9)2;/h9H,3-8H2,1-2H3;1H. The van der Waals surface area contributed by atoms with Gasteiger partial charge >= 0.3 is 0 Å². The monoisotopic (exact) mass is 221 g/mol. The van der Waals surface area contributed by atoms with E-state index in [1.54, 1.807) is 0 Å². The molecule has 0 saturated carbocycles. The molecule has 2 heteroatoms. The van der Waals surface area contributed by atoms with Crippen LogP contribution in [0.4, 0.5) is 0 Å². The minimum absolute atomic E-state index is 0. The van der Waals surface area contributed by atoms with E-state index in [1.165, 1.54) is 38.6 Å². The summed E-state index contributed by atoms with van der Waals surface area (Å²) in [5.74, 6) is 0. The van der Waals surface area contributed by atoms with Gasteiger partial charge in [-0.2, -0.15) is 0 Å². The van der Waals surface area contributed by atoms with Crippen molar-refractivity contribution >= 4 is 17.0 Å². The number of unbranched alkanes of at least 4 members (excludes halogenated alkanes) is 1. The summed E-state index contributed by atoms with van der Waals surface area (Å²) in [6, 6.07) is 0.917. The van der Waals surface area contributed by atoms with E-state index >= 15 is 0 Å². The third-order valence-corrected chi connectivity index (χ3v) is 2.56. The quantitative estimate of drug-likeness (QED) is 0.709. The van der Waals surface area contributed by atoms with E-state index in [9.17, 15) is 0 Å². The first-order valence-electron chi connectivity index (χ1n) is 4.55. The summed E-state index contributed by atoms with van der Waals surface area (Å²) in [5, 5.41) is 0. The number of rotatable bonds is 3. The molecule has 0 aliphatic carbocycles. The second kappa shape index (κ2) is 6.01. The molecule has 1 rings (SSSR count). The van der Waals surface area contributed by atoms with Gasteiger partial charge in [0.25, 0.3) is 0 Å². The highest BCUT2D eigenvalue weighted by molar-refractivity contribution is 8.93.